The zero-order chi connectivity index (χ0) is 21.2. The summed E-state index contributed by atoms with van der Waals surface area (Å²) in [5, 5.41) is 0. The minimum Gasteiger partial charge on any atom is -0.496 e. The molecule has 0 N–H and O–H groups in total. The predicted molar refractivity (Wildman–Crippen MR) is 118 cm³/mol. The van der Waals surface area contributed by atoms with Crippen molar-refractivity contribution in [2.24, 2.45) is 5.41 Å². The molecule has 0 spiro atoms. The van der Waals surface area contributed by atoms with Gasteiger partial charge in [0, 0.05) is 23.7 Å². The molecule has 4 nitrogen and oxygen atoms in total. The van der Waals surface area contributed by atoms with Gasteiger partial charge in [-0.05, 0) is 59.1 Å². The van der Waals surface area contributed by atoms with Crippen molar-refractivity contribution in [2.75, 3.05) is 24.3 Å². The van der Waals surface area contributed by atoms with Gasteiger partial charge in [0.25, 0.3) is 0 Å². The maximum absolute atomic E-state index is 13.6. The summed E-state index contributed by atoms with van der Waals surface area (Å²) in [6, 6.07) is 9.61. The number of fused-ring (bicyclic) bond motifs is 1. The summed E-state index contributed by atoms with van der Waals surface area (Å²) < 4.78 is 46.6. The van der Waals surface area contributed by atoms with E-state index in [2.05, 4.69) is 29.8 Å². The number of nitrogens with zero attached hydrogens (tertiary/aromatic N) is 1. The SMILES string of the molecule is CCCCC1(CC)CN(c2ccc(F)cc2)c2cc(Br)c(OC)cc2S(=O)(=O)C1. The Morgan fingerprint density at radius 1 is 1.21 bits per heavy atom. The number of halogens is 2. The molecule has 2 aromatic carbocycles. The van der Waals surface area contributed by atoms with Gasteiger partial charge in [-0.3, -0.25) is 0 Å². The van der Waals surface area contributed by atoms with Crippen molar-refractivity contribution in [1.29, 1.82) is 0 Å². The normalized spacial score (nSPS) is 20.8. The topological polar surface area (TPSA) is 46.6 Å². The minimum absolute atomic E-state index is 0.0893. The monoisotopic (exact) mass is 483 g/mol. The first kappa shape index (κ1) is 22.1. The summed E-state index contributed by atoms with van der Waals surface area (Å²) >= 11 is 3.49. The van der Waals surface area contributed by atoms with E-state index in [0.717, 1.165) is 31.4 Å². The van der Waals surface area contributed by atoms with E-state index in [-0.39, 0.29) is 21.9 Å². The molecule has 1 atom stereocenters. The molecule has 0 bridgehead atoms. The minimum atomic E-state index is -3.54. The lowest BCUT2D eigenvalue weighted by Crippen LogP contribution is -2.37. The Balaban J connectivity index is 2.25. The third kappa shape index (κ3) is 4.45. The molecule has 0 aromatic heterocycles. The molecule has 0 saturated heterocycles. The van der Waals surface area contributed by atoms with Crippen molar-refractivity contribution < 1.29 is 17.5 Å². The van der Waals surface area contributed by atoms with Crippen molar-refractivity contribution in [3.63, 3.8) is 0 Å². The molecule has 0 amide bonds. The van der Waals surface area contributed by atoms with Crippen LogP contribution in [-0.4, -0.2) is 27.8 Å². The molecule has 29 heavy (non-hydrogen) atoms. The number of rotatable bonds is 6. The third-order valence-corrected chi connectivity index (χ3v) is 8.41. The molecule has 0 saturated carbocycles. The van der Waals surface area contributed by atoms with Crippen LogP contribution in [0.1, 0.15) is 39.5 Å². The number of sulfone groups is 1. The van der Waals surface area contributed by atoms with Gasteiger partial charge in [0.1, 0.15) is 11.6 Å². The molecule has 1 unspecified atom stereocenters. The van der Waals surface area contributed by atoms with Crippen molar-refractivity contribution >= 4 is 37.1 Å². The first-order valence-corrected chi connectivity index (χ1v) is 12.3. The summed E-state index contributed by atoms with van der Waals surface area (Å²) in [5.74, 6) is 0.246. The Hall–Kier alpha value is -1.60. The van der Waals surface area contributed by atoms with E-state index < -0.39 is 9.84 Å². The molecular weight excluding hydrogens is 457 g/mol. The van der Waals surface area contributed by atoms with Crippen LogP contribution in [-0.2, 0) is 9.84 Å². The molecule has 3 rings (SSSR count). The van der Waals surface area contributed by atoms with Crippen molar-refractivity contribution in [3.05, 3.63) is 46.7 Å². The van der Waals surface area contributed by atoms with Crippen LogP contribution in [0.15, 0.2) is 45.8 Å². The number of ether oxygens (including phenoxy) is 1. The fraction of sp³-hybridized carbons (Fsp3) is 0.455. The second kappa shape index (κ2) is 8.64. The van der Waals surface area contributed by atoms with E-state index in [1.54, 1.807) is 24.3 Å². The van der Waals surface area contributed by atoms with Gasteiger partial charge in [0.15, 0.2) is 9.84 Å². The van der Waals surface area contributed by atoms with E-state index in [1.807, 2.05) is 4.90 Å². The van der Waals surface area contributed by atoms with Crippen molar-refractivity contribution in [1.82, 2.24) is 0 Å². The first-order chi connectivity index (χ1) is 13.7. The maximum Gasteiger partial charge on any atom is 0.181 e. The van der Waals surface area contributed by atoms with Crippen LogP contribution in [0.25, 0.3) is 0 Å². The van der Waals surface area contributed by atoms with Crippen molar-refractivity contribution in [2.45, 2.75) is 44.4 Å². The van der Waals surface area contributed by atoms with Gasteiger partial charge in [-0.1, -0.05) is 26.7 Å². The Morgan fingerprint density at radius 2 is 1.90 bits per heavy atom. The maximum atomic E-state index is 13.6. The molecule has 7 heteroatoms. The molecular formula is C22H27BrFNO3S. The lowest BCUT2D eigenvalue weighted by molar-refractivity contribution is 0.290. The quantitative estimate of drug-likeness (QED) is 0.497. The molecule has 0 aliphatic carbocycles. The molecule has 0 fully saturated rings. The fourth-order valence-electron chi connectivity index (χ4n) is 4.03. The van der Waals surface area contributed by atoms with Crippen LogP contribution in [0.5, 0.6) is 5.75 Å². The Labute approximate surface area is 181 Å². The summed E-state index contributed by atoms with van der Waals surface area (Å²) in [6.07, 6.45) is 3.54. The zero-order valence-corrected chi connectivity index (χ0v) is 19.4. The summed E-state index contributed by atoms with van der Waals surface area (Å²) in [6.45, 7) is 4.73. The number of benzene rings is 2. The van der Waals surface area contributed by atoms with Crippen LogP contribution in [0.4, 0.5) is 15.8 Å². The Kier molecular flexibility index (Phi) is 6.58. The van der Waals surface area contributed by atoms with Gasteiger partial charge >= 0.3 is 0 Å². The standard InChI is InChI=1S/C22H27BrFNO3S/c1-4-6-11-22(5-2)14-25(17-9-7-16(24)8-10-17)19-12-18(23)20(28-3)13-21(19)29(26,27)15-22/h7-10,12-13H,4-6,11,14-15H2,1-3H3. The highest BCUT2D eigenvalue weighted by molar-refractivity contribution is 9.10. The smallest absolute Gasteiger partial charge is 0.181 e. The molecule has 1 aliphatic heterocycles. The number of hydrogen-bond donors (Lipinski definition) is 0. The zero-order valence-electron chi connectivity index (χ0n) is 17.0. The molecule has 0 radical (unpaired) electrons. The van der Waals surface area contributed by atoms with E-state index in [1.165, 1.54) is 19.2 Å². The molecule has 1 aliphatic rings. The van der Waals surface area contributed by atoms with Gasteiger partial charge in [-0.25, -0.2) is 12.8 Å². The number of hydrogen-bond acceptors (Lipinski definition) is 4. The summed E-state index contributed by atoms with van der Waals surface area (Å²) in [7, 11) is -2.02. The molecule has 2 aromatic rings. The summed E-state index contributed by atoms with van der Waals surface area (Å²) in [5.41, 5.74) is 0.981. The van der Waals surface area contributed by atoms with E-state index in [0.29, 0.717) is 22.5 Å². The number of methoxy groups -OCH3 is 1. The summed E-state index contributed by atoms with van der Waals surface area (Å²) in [4.78, 5) is 2.27. The van der Waals surface area contributed by atoms with E-state index >= 15 is 0 Å². The van der Waals surface area contributed by atoms with Gasteiger partial charge in [-0.2, -0.15) is 0 Å². The van der Waals surface area contributed by atoms with Crippen LogP contribution >= 0.6 is 15.9 Å². The van der Waals surface area contributed by atoms with Crippen molar-refractivity contribution in [3.8, 4) is 5.75 Å². The van der Waals surface area contributed by atoms with Crippen LogP contribution in [0.2, 0.25) is 0 Å². The highest BCUT2D eigenvalue weighted by Gasteiger charge is 2.41. The average Bonchev–Trinajstić information content (AvgIpc) is 2.79. The van der Waals surface area contributed by atoms with Gasteiger partial charge in [0.05, 0.1) is 27.9 Å². The van der Waals surface area contributed by atoms with Gasteiger partial charge < -0.3 is 9.64 Å². The lowest BCUT2D eigenvalue weighted by Gasteiger charge is -2.36. The highest BCUT2D eigenvalue weighted by Crippen LogP contribution is 2.46. The average molecular weight is 484 g/mol. The van der Waals surface area contributed by atoms with Crippen LogP contribution < -0.4 is 9.64 Å². The van der Waals surface area contributed by atoms with Crippen LogP contribution in [0.3, 0.4) is 0 Å². The number of unbranched alkanes of at least 4 members (excludes halogenated alkanes) is 1. The van der Waals surface area contributed by atoms with Gasteiger partial charge in [-0.15, -0.1) is 0 Å². The van der Waals surface area contributed by atoms with E-state index in [9.17, 15) is 12.8 Å². The molecule has 1 heterocycles. The van der Waals surface area contributed by atoms with Crippen LogP contribution in [0, 0.1) is 11.2 Å². The number of anilines is 2. The second-order valence-electron chi connectivity index (χ2n) is 7.73. The van der Waals surface area contributed by atoms with Gasteiger partial charge in [0.2, 0.25) is 0 Å². The molecule has 158 valence electrons. The first-order valence-electron chi connectivity index (χ1n) is 9.88. The highest BCUT2D eigenvalue weighted by atomic mass is 79.9. The second-order valence-corrected chi connectivity index (χ2v) is 10.5. The predicted octanol–water partition coefficient (Wildman–Crippen LogP) is 6.11. The fourth-order valence-corrected chi connectivity index (χ4v) is 6.70. The Morgan fingerprint density at radius 3 is 2.48 bits per heavy atom. The largest absolute Gasteiger partial charge is 0.496 e. The third-order valence-electron chi connectivity index (χ3n) is 5.80. The lowest BCUT2D eigenvalue weighted by atomic mass is 9.81. The van der Waals surface area contributed by atoms with E-state index in [4.69, 9.17) is 4.74 Å². The Bertz CT molecular complexity index is 978.